The van der Waals surface area contributed by atoms with Crippen LogP contribution in [0.1, 0.15) is 63.0 Å². The normalized spacial score (nSPS) is 33.0. The SMILES string of the molecule is CC1(O)CC(C(=O)N2CC3(CC[C@@H](c4ccc(C(C)(F)F)cc4)C3)C2)C1. The zero-order valence-corrected chi connectivity index (χ0v) is 15.5. The third-order valence-electron chi connectivity index (χ3n) is 6.68. The Labute approximate surface area is 153 Å². The molecule has 1 aliphatic heterocycles. The van der Waals surface area contributed by atoms with Gasteiger partial charge in [0.2, 0.25) is 5.91 Å². The van der Waals surface area contributed by atoms with Crippen LogP contribution in [0.15, 0.2) is 24.3 Å². The number of carbonyl (C=O) groups excluding carboxylic acids is 1. The fourth-order valence-electron chi connectivity index (χ4n) is 5.18. The number of hydrogen-bond acceptors (Lipinski definition) is 2. The lowest BCUT2D eigenvalue weighted by Crippen LogP contribution is -2.61. The van der Waals surface area contributed by atoms with Crippen LogP contribution in [0.3, 0.4) is 0 Å². The van der Waals surface area contributed by atoms with Crippen LogP contribution in [-0.4, -0.2) is 34.6 Å². The number of alkyl halides is 2. The molecule has 1 heterocycles. The zero-order chi connectivity index (χ0) is 18.7. The minimum Gasteiger partial charge on any atom is -0.390 e. The summed E-state index contributed by atoms with van der Waals surface area (Å²) in [6.07, 6.45) is 4.33. The van der Waals surface area contributed by atoms with E-state index in [1.165, 1.54) is 0 Å². The summed E-state index contributed by atoms with van der Waals surface area (Å²) in [4.78, 5) is 14.4. The Morgan fingerprint density at radius 1 is 1.19 bits per heavy atom. The molecule has 142 valence electrons. The van der Waals surface area contributed by atoms with Gasteiger partial charge in [0.15, 0.2) is 0 Å². The van der Waals surface area contributed by atoms with Gasteiger partial charge in [0, 0.05) is 36.9 Å². The maximum atomic E-state index is 13.4. The minimum absolute atomic E-state index is 0.0113. The van der Waals surface area contributed by atoms with Crippen molar-refractivity contribution in [2.75, 3.05) is 13.1 Å². The summed E-state index contributed by atoms with van der Waals surface area (Å²) in [6.45, 7) is 4.34. The van der Waals surface area contributed by atoms with E-state index in [1.807, 2.05) is 17.0 Å². The maximum absolute atomic E-state index is 13.4. The number of nitrogens with zero attached hydrogens (tertiary/aromatic N) is 1. The lowest BCUT2D eigenvalue weighted by molar-refractivity contribution is -0.161. The van der Waals surface area contributed by atoms with Crippen molar-refractivity contribution < 1.29 is 18.7 Å². The largest absolute Gasteiger partial charge is 0.390 e. The summed E-state index contributed by atoms with van der Waals surface area (Å²) in [5, 5.41) is 9.82. The van der Waals surface area contributed by atoms with Crippen LogP contribution in [-0.2, 0) is 10.7 Å². The molecule has 1 saturated heterocycles. The van der Waals surface area contributed by atoms with Crippen molar-refractivity contribution in [3.05, 3.63) is 35.4 Å². The monoisotopic (exact) mass is 363 g/mol. The molecule has 5 heteroatoms. The van der Waals surface area contributed by atoms with Crippen molar-refractivity contribution in [1.82, 2.24) is 4.90 Å². The van der Waals surface area contributed by atoms with E-state index >= 15 is 0 Å². The van der Waals surface area contributed by atoms with Gasteiger partial charge in [-0.2, -0.15) is 0 Å². The summed E-state index contributed by atoms with van der Waals surface area (Å²) in [5.41, 5.74) is 0.739. The Kier molecular flexibility index (Phi) is 3.96. The Hall–Kier alpha value is -1.49. The van der Waals surface area contributed by atoms with E-state index in [4.69, 9.17) is 0 Å². The van der Waals surface area contributed by atoms with Gasteiger partial charge in [-0.1, -0.05) is 24.3 Å². The molecule has 0 radical (unpaired) electrons. The van der Waals surface area contributed by atoms with Gasteiger partial charge in [-0.15, -0.1) is 0 Å². The molecule has 3 nitrogen and oxygen atoms in total. The van der Waals surface area contributed by atoms with Gasteiger partial charge in [0.1, 0.15) is 0 Å². The van der Waals surface area contributed by atoms with Crippen molar-refractivity contribution in [1.29, 1.82) is 0 Å². The standard InChI is InChI=1S/C21H27F2NO2/c1-19(26)9-16(10-19)18(25)24-12-21(13-24)8-7-15(11-21)14-3-5-17(6-4-14)20(2,22)23/h3-6,15-16,26H,7-13H2,1-2H3/t15-,16?,19?/m1/s1. The highest BCUT2D eigenvalue weighted by Gasteiger charge is 2.53. The van der Waals surface area contributed by atoms with Gasteiger partial charge in [0.25, 0.3) is 5.92 Å². The van der Waals surface area contributed by atoms with Crippen LogP contribution in [0.2, 0.25) is 0 Å². The number of amides is 1. The highest BCUT2D eigenvalue weighted by Crippen LogP contribution is 2.53. The lowest BCUT2D eigenvalue weighted by atomic mass is 9.69. The van der Waals surface area contributed by atoms with Crippen LogP contribution in [0.25, 0.3) is 0 Å². The first-order valence-electron chi connectivity index (χ1n) is 9.56. The molecule has 0 bridgehead atoms. The quantitative estimate of drug-likeness (QED) is 0.880. The van der Waals surface area contributed by atoms with E-state index in [2.05, 4.69) is 0 Å². The number of hydrogen-bond donors (Lipinski definition) is 1. The van der Waals surface area contributed by atoms with Gasteiger partial charge in [-0.3, -0.25) is 4.79 Å². The van der Waals surface area contributed by atoms with Crippen molar-refractivity contribution in [2.24, 2.45) is 11.3 Å². The predicted molar refractivity (Wildman–Crippen MR) is 95.0 cm³/mol. The highest BCUT2D eigenvalue weighted by atomic mass is 19.3. The molecular formula is C21H27F2NO2. The summed E-state index contributed by atoms with van der Waals surface area (Å²) < 4.78 is 26.7. The molecule has 4 rings (SSSR count). The molecular weight excluding hydrogens is 336 g/mol. The lowest BCUT2D eigenvalue weighted by Gasteiger charge is -2.52. The number of carbonyl (C=O) groups is 1. The Bertz CT molecular complexity index is 694. The number of rotatable bonds is 3. The fraction of sp³-hybridized carbons (Fsp3) is 0.667. The Morgan fingerprint density at radius 3 is 2.35 bits per heavy atom. The van der Waals surface area contributed by atoms with Gasteiger partial charge in [-0.05, 0) is 50.5 Å². The Balaban J connectivity index is 1.33. The summed E-state index contributed by atoms with van der Waals surface area (Å²) in [6, 6.07) is 6.77. The number of likely N-dealkylation sites (tertiary alicyclic amines) is 1. The van der Waals surface area contributed by atoms with Crippen molar-refractivity contribution in [3.8, 4) is 0 Å². The minimum atomic E-state index is -2.80. The smallest absolute Gasteiger partial charge is 0.270 e. The zero-order valence-electron chi connectivity index (χ0n) is 15.5. The highest BCUT2D eigenvalue weighted by molar-refractivity contribution is 5.81. The first-order valence-corrected chi connectivity index (χ1v) is 9.56. The van der Waals surface area contributed by atoms with E-state index in [1.54, 1.807) is 19.1 Å². The fourth-order valence-corrected chi connectivity index (χ4v) is 5.18. The predicted octanol–water partition coefficient (Wildman–Crippen LogP) is 4.06. The molecule has 1 atom stereocenters. The summed E-state index contributed by atoms with van der Waals surface area (Å²) >= 11 is 0. The van der Waals surface area contributed by atoms with Crippen molar-refractivity contribution >= 4 is 5.91 Å². The van der Waals surface area contributed by atoms with Crippen LogP contribution >= 0.6 is 0 Å². The molecule has 1 aromatic rings. The Morgan fingerprint density at radius 2 is 1.81 bits per heavy atom. The van der Waals surface area contributed by atoms with E-state index in [0.29, 0.717) is 18.8 Å². The van der Waals surface area contributed by atoms with Gasteiger partial charge >= 0.3 is 0 Å². The average molecular weight is 363 g/mol. The molecule has 1 N–H and O–H groups in total. The van der Waals surface area contributed by atoms with E-state index in [0.717, 1.165) is 44.8 Å². The molecule has 3 aliphatic rings. The molecule has 2 aliphatic carbocycles. The van der Waals surface area contributed by atoms with Crippen LogP contribution < -0.4 is 0 Å². The molecule has 1 spiro atoms. The summed E-state index contributed by atoms with van der Waals surface area (Å²) in [5.74, 6) is -2.21. The molecule has 1 amide bonds. The third-order valence-corrected chi connectivity index (χ3v) is 6.68. The second kappa shape index (κ2) is 5.75. The summed E-state index contributed by atoms with van der Waals surface area (Å²) in [7, 11) is 0. The van der Waals surface area contributed by atoms with E-state index in [9.17, 15) is 18.7 Å². The second-order valence-electron chi connectivity index (χ2n) is 9.25. The van der Waals surface area contributed by atoms with Crippen LogP contribution in [0.5, 0.6) is 0 Å². The molecule has 1 aromatic carbocycles. The van der Waals surface area contributed by atoms with E-state index in [-0.39, 0.29) is 22.8 Å². The number of aliphatic hydroxyl groups is 1. The van der Waals surface area contributed by atoms with Crippen molar-refractivity contribution in [2.45, 2.75) is 63.4 Å². The van der Waals surface area contributed by atoms with Crippen LogP contribution in [0.4, 0.5) is 8.78 Å². The first-order chi connectivity index (χ1) is 12.1. The topological polar surface area (TPSA) is 40.5 Å². The maximum Gasteiger partial charge on any atom is 0.270 e. The molecule has 26 heavy (non-hydrogen) atoms. The second-order valence-corrected chi connectivity index (χ2v) is 9.25. The number of benzene rings is 1. The van der Waals surface area contributed by atoms with Crippen molar-refractivity contribution in [3.63, 3.8) is 0 Å². The molecule has 2 saturated carbocycles. The van der Waals surface area contributed by atoms with Gasteiger partial charge in [0.05, 0.1) is 5.60 Å². The number of halogens is 2. The third kappa shape index (κ3) is 3.15. The molecule has 3 fully saturated rings. The molecule has 0 aromatic heterocycles. The van der Waals surface area contributed by atoms with Gasteiger partial charge < -0.3 is 10.0 Å². The molecule has 0 unspecified atom stereocenters. The van der Waals surface area contributed by atoms with E-state index < -0.39 is 11.5 Å². The average Bonchev–Trinajstić information content (AvgIpc) is 2.95. The van der Waals surface area contributed by atoms with Gasteiger partial charge in [-0.25, -0.2) is 8.78 Å². The van der Waals surface area contributed by atoms with Crippen LogP contribution in [0, 0.1) is 11.3 Å². The first kappa shape index (κ1) is 17.9.